The quantitative estimate of drug-likeness (QED) is 0.143. The van der Waals surface area contributed by atoms with Crippen LogP contribution in [0.2, 0.25) is 5.02 Å². The third-order valence-corrected chi connectivity index (χ3v) is 8.94. The molecular formula is C30H34ClFN4O7S. The number of carbonyl (C=O) groups excluding carboxylic acids is 2. The molecule has 0 bridgehead atoms. The first-order chi connectivity index (χ1) is 20.8. The van der Waals surface area contributed by atoms with E-state index in [1.807, 2.05) is 6.92 Å². The van der Waals surface area contributed by atoms with Gasteiger partial charge in [-0.3, -0.25) is 24.0 Å². The standard InChI is InChI=1S/C30H34ClFN4O7S/c1-5-6-15-33-30(38)21(3)34(18-22-9-7-8-10-25(22)32)29(37)19-35(27-16-23(31)12-14-28(27)43-4)44(41,42)24-13-11-20(2)26(17-24)36(39)40/h7-14,16-17,21H,5-6,15,18-19H2,1-4H3,(H,33,38)/t21-/m1/s1. The van der Waals surface area contributed by atoms with Gasteiger partial charge >= 0.3 is 0 Å². The number of carbonyl (C=O) groups is 2. The van der Waals surface area contributed by atoms with Gasteiger partial charge in [0.05, 0.1) is 22.6 Å². The maximum atomic E-state index is 14.7. The molecule has 0 unspecified atom stereocenters. The van der Waals surface area contributed by atoms with E-state index < -0.39 is 55.7 Å². The monoisotopic (exact) mass is 648 g/mol. The summed E-state index contributed by atoms with van der Waals surface area (Å²) >= 11 is 6.22. The maximum Gasteiger partial charge on any atom is 0.273 e. The Balaban J connectivity index is 2.14. The van der Waals surface area contributed by atoms with Crippen LogP contribution in [0.25, 0.3) is 0 Å². The first kappa shape index (κ1) is 34.3. The number of sulfonamides is 1. The van der Waals surface area contributed by atoms with Gasteiger partial charge < -0.3 is 15.0 Å². The van der Waals surface area contributed by atoms with Crippen LogP contribution in [-0.4, -0.2) is 56.3 Å². The second-order valence-electron chi connectivity index (χ2n) is 9.97. The molecule has 0 aliphatic heterocycles. The van der Waals surface area contributed by atoms with Crippen LogP contribution >= 0.6 is 11.6 Å². The van der Waals surface area contributed by atoms with E-state index in [2.05, 4.69) is 5.32 Å². The van der Waals surface area contributed by atoms with Crippen LogP contribution in [0.3, 0.4) is 0 Å². The van der Waals surface area contributed by atoms with Crippen LogP contribution in [0.15, 0.2) is 65.6 Å². The topological polar surface area (TPSA) is 139 Å². The summed E-state index contributed by atoms with van der Waals surface area (Å²) in [5.41, 5.74) is -0.217. The van der Waals surface area contributed by atoms with Gasteiger partial charge in [0.15, 0.2) is 0 Å². The summed E-state index contributed by atoms with van der Waals surface area (Å²) in [5, 5.41) is 14.5. The van der Waals surface area contributed by atoms with Gasteiger partial charge in [-0.25, -0.2) is 12.8 Å². The molecule has 11 nitrogen and oxygen atoms in total. The number of nitro groups is 1. The molecule has 236 valence electrons. The third-order valence-electron chi connectivity index (χ3n) is 6.95. The number of anilines is 1. The second kappa shape index (κ2) is 15.0. The number of hydrogen-bond acceptors (Lipinski definition) is 7. The summed E-state index contributed by atoms with van der Waals surface area (Å²) in [4.78, 5) is 38.6. The van der Waals surface area contributed by atoms with Crippen molar-refractivity contribution in [2.45, 2.75) is 51.1 Å². The van der Waals surface area contributed by atoms with Gasteiger partial charge in [-0.15, -0.1) is 0 Å². The van der Waals surface area contributed by atoms with Gasteiger partial charge in [-0.05, 0) is 50.6 Å². The molecule has 0 aliphatic rings. The van der Waals surface area contributed by atoms with E-state index >= 15 is 0 Å². The molecule has 0 heterocycles. The van der Waals surface area contributed by atoms with Crippen LogP contribution in [0.1, 0.15) is 37.8 Å². The van der Waals surface area contributed by atoms with Crippen LogP contribution in [-0.2, 0) is 26.2 Å². The molecule has 0 aromatic heterocycles. The molecule has 3 aromatic rings. The van der Waals surface area contributed by atoms with Crippen LogP contribution in [0.4, 0.5) is 15.8 Å². The SMILES string of the molecule is CCCCNC(=O)[C@@H](C)N(Cc1ccccc1F)C(=O)CN(c1cc(Cl)ccc1OC)S(=O)(=O)c1ccc(C)c([N+](=O)[O-])c1. The molecule has 0 saturated carbocycles. The summed E-state index contributed by atoms with van der Waals surface area (Å²) in [6.45, 7) is 4.01. The van der Waals surface area contributed by atoms with E-state index in [1.165, 1.54) is 69.5 Å². The van der Waals surface area contributed by atoms with Gasteiger partial charge in [0.25, 0.3) is 15.7 Å². The Morgan fingerprint density at radius 2 is 1.84 bits per heavy atom. The lowest BCUT2D eigenvalue weighted by atomic mass is 10.1. The van der Waals surface area contributed by atoms with Crippen molar-refractivity contribution >= 4 is 44.8 Å². The summed E-state index contributed by atoms with van der Waals surface area (Å²) < 4.78 is 49.1. The smallest absolute Gasteiger partial charge is 0.273 e. The zero-order valence-electron chi connectivity index (χ0n) is 24.7. The van der Waals surface area contributed by atoms with Crippen LogP contribution in [0.5, 0.6) is 5.75 Å². The van der Waals surface area contributed by atoms with E-state index in [0.29, 0.717) is 17.3 Å². The lowest BCUT2D eigenvalue weighted by Gasteiger charge is -2.32. The van der Waals surface area contributed by atoms with Gasteiger partial charge in [0.2, 0.25) is 11.8 Å². The van der Waals surface area contributed by atoms with Crippen LogP contribution < -0.4 is 14.4 Å². The van der Waals surface area contributed by atoms with Crippen molar-refractivity contribution in [3.63, 3.8) is 0 Å². The van der Waals surface area contributed by atoms with Crippen molar-refractivity contribution in [3.05, 3.63) is 92.7 Å². The molecule has 2 amide bonds. The number of benzene rings is 3. The molecule has 3 aromatic carbocycles. The molecular weight excluding hydrogens is 615 g/mol. The highest BCUT2D eigenvalue weighted by atomic mass is 35.5. The molecule has 1 N–H and O–H groups in total. The number of halogens is 2. The number of nitro benzene ring substituents is 1. The van der Waals surface area contributed by atoms with Crippen molar-refractivity contribution in [1.29, 1.82) is 0 Å². The largest absolute Gasteiger partial charge is 0.495 e. The zero-order valence-corrected chi connectivity index (χ0v) is 26.3. The lowest BCUT2D eigenvalue weighted by molar-refractivity contribution is -0.385. The normalized spacial score (nSPS) is 11.9. The number of hydrogen-bond donors (Lipinski definition) is 1. The number of aryl methyl sites for hydroxylation is 1. The van der Waals surface area contributed by atoms with Gasteiger partial charge in [-0.1, -0.05) is 49.2 Å². The van der Waals surface area contributed by atoms with Gasteiger partial charge in [-0.2, -0.15) is 0 Å². The van der Waals surface area contributed by atoms with E-state index in [4.69, 9.17) is 16.3 Å². The molecule has 0 radical (unpaired) electrons. The minimum absolute atomic E-state index is 0.0402. The minimum atomic E-state index is -4.68. The Labute approximate surface area is 260 Å². The lowest BCUT2D eigenvalue weighted by Crippen LogP contribution is -2.51. The molecule has 1 atom stereocenters. The van der Waals surface area contributed by atoms with Crippen molar-refractivity contribution in [3.8, 4) is 5.75 Å². The third kappa shape index (κ3) is 8.03. The Bertz CT molecular complexity index is 1640. The number of nitrogens with zero attached hydrogens (tertiary/aromatic N) is 3. The fourth-order valence-corrected chi connectivity index (χ4v) is 5.98. The highest BCUT2D eigenvalue weighted by molar-refractivity contribution is 7.92. The molecule has 0 aliphatic carbocycles. The van der Waals surface area contributed by atoms with Crippen LogP contribution in [0, 0.1) is 22.9 Å². The minimum Gasteiger partial charge on any atom is -0.495 e. The van der Waals surface area contributed by atoms with Gasteiger partial charge in [0, 0.05) is 35.3 Å². The number of rotatable bonds is 14. The predicted octanol–water partition coefficient (Wildman–Crippen LogP) is 5.23. The van der Waals surface area contributed by atoms with Gasteiger partial charge in [0.1, 0.15) is 24.2 Å². The summed E-state index contributed by atoms with van der Waals surface area (Å²) in [5.74, 6) is -1.93. The first-order valence-corrected chi connectivity index (χ1v) is 15.6. The molecule has 0 spiro atoms. The first-order valence-electron chi connectivity index (χ1n) is 13.7. The summed E-state index contributed by atoms with van der Waals surface area (Å²) in [7, 11) is -3.39. The molecule has 44 heavy (non-hydrogen) atoms. The predicted molar refractivity (Wildman–Crippen MR) is 165 cm³/mol. The molecule has 3 rings (SSSR count). The second-order valence-corrected chi connectivity index (χ2v) is 12.3. The number of unbranched alkanes of at least 4 members (excludes halogenated alkanes) is 1. The molecule has 14 heteroatoms. The van der Waals surface area contributed by atoms with Crippen molar-refractivity contribution in [2.75, 3.05) is 24.5 Å². The maximum absolute atomic E-state index is 14.7. The van der Waals surface area contributed by atoms with E-state index in [9.17, 15) is 32.5 Å². The fraction of sp³-hybridized carbons (Fsp3) is 0.333. The number of amides is 2. The average Bonchev–Trinajstić information content (AvgIpc) is 2.98. The number of ether oxygens (including phenoxy) is 1. The van der Waals surface area contributed by atoms with Crippen molar-refractivity contribution < 1.29 is 32.1 Å². The Hall–Kier alpha value is -4.23. The highest BCUT2D eigenvalue weighted by Gasteiger charge is 2.35. The molecule has 0 fully saturated rings. The zero-order chi connectivity index (χ0) is 32.6. The van der Waals surface area contributed by atoms with E-state index in [1.54, 1.807) is 6.07 Å². The van der Waals surface area contributed by atoms with E-state index in [-0.39, 0.29) is 34.1 Å². The Kier molecular flexibility index (Phi) is 11.7. The van der Waals surface area contributed by atoms with Crippen molar-refractivity contribution in [1.82, 2.24) is 10.2 Å². The average molecular weight is 649 g/mol. The number of nitrogens with one attached hydrogen (secondary N) is 1. The Morgan fingerprint density at radius 3 is 2.48 bits per heavy atom. The van der Waals surface area contributed by atoms with E-state index in [0.717, 1.165) is 17.4 Å². The number of methoxy groups -OCH3 is 1. The Morgan fingerprint density at radius 1 is 1.14 bits per heavy atom. The molecule has 0 saturated heterocycles. The summed E-state index contributed by atoms with van der Waals surface area (Å²) in [6.07, 6.45) is 1.51. The van der Waals surface area contributed by atoms with Crippen molar-refractivity contribution in [2.24, 2.45) is 0 Å². The summed E-state index contributed by atoms with van der Waals surface area (Å²) in [6, 6.07) is 12.1. The fourth-order valence-electron chi connectivity index (χ4n) is 4.37. The highest BCUT2D eigenvalue weighted by Crippen LogP contribution is 2.36.